The van der Waals surface area contributed by atoms with Gasteiger partial charge < -0.3 is 11.1 Å². The molecule has 0 fully saturated rings. The molecule has 1 unspecified atom stereocenters. The molecule has 2 aromatic rings. The quantitative estimate of drug-likeness (QED) is 0.870. The van der Waals surface area contributed by atoms with Crippen LogP contribution < -0.4 is 11.1 Å². The van der Waals surface area contributed by atoms with Crippen molar-refractivity contribution in [3.8, 4) is 0 Å². The fraction of sp³-hybridized carbons (Fsp3) is 0.214. The van der Waals surface area contributed by atoms with Gasteiger partial charge in [0.15, 0.2) is 0 Å². The molecule has 3 N–H and O–H groups in total. The number of nitrogens with two attached hydrogens (primary N) is 1. The molecule has 1 aromatic carbocycles. The van der Waals surface area contributed by atoms with Crippen LogP contribution in [-0.2, 0) is 11.2 Å². The second-order valence-electron chi connectivity index (χ2n) is 4.50. The molecule has 0 radical (unpaired) electrons. The summed E-state index contributed by atoms with van der Waals surface area (Å²) in [6.07, 6.45) is 1.36. The molecule has 1 atom stereocenters. The van der Waals surface area contributed by atoms with Gasteiger partial charge in [-0.15, -0.1) is 0 Å². The van der Waals surface area contributed by atoms with Crippen molar-refractivity contribution in [2.75, 3.05) is 5.32 Å². The second kappa shape index (κ2) is 4.55. The number of carbonyl (C=O) groups excluding carboxylic acids is 1. The van der Waals surface area contributed by atoms with Gasteiger partial charge in [-0.3, -0.25) is 4.79 Å². The van der Waals surface area contributed by atoms with Crippen LogP contribution in [0.1, 0.15) is 29.2 Å². The maximum atomic E-state index is 11.3. The Morgan fingerprint density at radius 1 is 1.22 bits per heavy atom. The van der Waals surface area contributed by atoms with E-state index in [-0.39, 0.29) is 11.9 Å². The Kier molecular flexibility index (Phi) is 2.89. The first kappa shape index (κ1) is 11.4. The van der Waals surface area contributed by atoms with Crippen LogP contribution in [0.25, 0.3) is 0 Å². The molecule has 0 aliphatic carbocycles. The average molecular weight is 258 g/mol. The van der Waals surface area contributed by atoms with Gasteiger partial charge in [0.25, 0.3) is 0 Å². The summed E-state index contributed by atoms with van der Waals surface area (Å²) >= 11 is 1.65. The van der Waals surface area contributed by atoms with Crippen LogP contribution in [0.5, 0.6) is 0 Å². The second-order valence-corrected chi connectivity index (χ2v) is 5.28. The lowest BCUT2D eigenvalue weighted by Gasteiger charge is -2.19. The van der Waals surface area contributed by atoms with Crippen LogP contribution in [0.4, 0.5) is 5.69 Å². The van der Waals surface area contributed by atoms with E-state index >= 15 is 0 Å². The summed E-state index contributed by atoms with van der Waals surface area (Å²) in [7, 11) is 0. The normalized spacial score (nSPS) is 15.9. The molecular weight excluding hydrogens is 244 g/mol. The van der Waals surface area contributed by atoms with E-state index in [0.717, 1.165) is 23.2 Å². The minimum absolute atomic E-state index is 0.0841. The molecule has 0 saturated carbocycles. The molecule has 3 rings (SSSR count). The summed E-state index contributed by atoms with van der Waals surface area (Å²) in [5, 5.41) is 6.99. The van der Waals surface area contributed by atoms with Crippen LogP contribution in [0, 0.1) is 0 Å². The number of hydrogen-bond donors (Lipinski definition) is 2. The van der Waals surface area contributed by atoms with Crippen molar-refractivity contribution in [3.05, 3.63) is 51.7 Å². The third-order valence-electron chi connectivity index (χ3n) is 3.29. The van der Waals surface area contributed by atoms with Crippen LogP contribution in [0.2, 0.25) is 0 Å². The van der Waals surface area contributed by atoms with Gasteiger partial charge in [-0.1, -0.05) is 12.1 Å². The minimum atomic E-state index is -0.0841. The number of benzene rings is 1. The highest BCUT2D eigenvalue weighted by molar-refractivity contribution is 7.08. The highest BCUT2D eigenvalue weighted by Crippen LogP contribution is 2.28. The van der Waals surface area contributed by atoms with Crippen LogP contribution >= 0.6 is 11.3 Å². The van der Waals surface area contributed by atoms with Crippen molar-refractivity contribution in [2.24, 2.45) is 5.73 Å². The minimum Gasteiger partial charge on any atom is -0.326 e. The number of carbonyl (C=O) groups is 1. The Morgan fingerprint density at radius 2 is 2.11 bits per heavy atom. The predicted octanol–water partition coefficient (Wildman–Crippen LogP) is 2.68. The number of amides is 1. The van der Waals surface area contributed by atoms with Crippen LogP contribution in [0.15, 0.2) is 35.0 Å². The van der Waals surface area contributed by atoms with Gasteiger partial charge in [0.2, 0.25) is 5.91 Å². The summed E-state index contributed by atoms with van der Waals surface area (Å²) in [6, 6.07) is 8.02. The van der Waals surface area contributed by atoms with Gasteiger partial charge in [0.1, 0.15) is 0 Å². The molecule has 1 aliphatic heterocycles. The lowest BCUT2D eigenvalue weighted by molar-refractivity contribution is -0.116. The van der Waals surface area contributed by atoms with Crippen molar-refractivity contribution >= 4 is 22.9 Å². The first-order valence-corrected chi connectivity index (χ1v) is 6.88. The van der Waals surface area contributed by atoms with Crippen molar-refractivity contribution in [1.82, 2.24) is 0 Å². The highest BCUT2D eigenvalue weighted by atomic mass is 32.1. The molecule has 2 heterocycles. The summed E-state index contributed by atoms with van der Waals surface area (Å²) in [5.74, 6) is 0.0948. The fourth-order valence-electron chi connectivity index (χ4n) is 2.24. The third kappa shape index (κ3) is 2.05. The first-order valence-electron chi connectivity index (χ1n) is 5.94. The van der Waals surface area contributed by atoms with Crippen molar-refractivity contribution in [3.63, 3.8) is 0 Å². The average Bonchev–Trinajstić information content (AvgIpc) is 2.91. The Balaban J connectivity index is 1.93. The van der Waals surface area contributed by atoms with E-state index in [4.69, 9.17) is 5.73 Å². The number of aryl methyl sites for hydroxylation is 1. The van der Waals surface area contributed by atoms with E-state index in [1.807, 2.05) is 17.5 Å². The van der Waals surface area contributed by atoms with Gasteiger partial charge in [-0.05, 0) is 46.0 Å². The van der Waals surface area contributed by atoms with E-state index in [2.05, 4.69) is 22.8 Å². The highest BCUT2D eigenvalue weighted by Gasteiger charge is 2.17. The Hall–Kier alpha value is -1.65. The van der Waals surface area contributed by atoms with E-state index < -0.39 is 0 Å². The van der Waals surface area contributed by atoms with Gasteiger partial charge in [-0.25, -0.2) is 0 Å². The molecule has 1 aliphatic rings. The van der Waals surface area contributed by atoms with Gasteiger partial charge in [-0.2, -0.15) is 11.3 Å². The monoisotopic (exact) mass is 258 g/mol. The standard InChI is InChI=1S/C14H14N2OS/c15-14(11-5-6-18-8-11)10-1-3-12-9(7-10)2-4-13(17)16-12/h1,3,5-8,14H,2,4,15H2,(H,16,17). The number of fused-ring (bicyclic) bond motifs is 1. The predicted molar refractivity (Wildman–Crippen MR) is 73.7 cm³/mol. The zero-order valence-corrected chi connectivity index (χ0v) is 10.7. The molecular formula is C14H14N2OS. The molecule has 1 amide bonds. The van der Waals surface area contributed by atoms with E-state index in [0.29, 0.717) is 6.42 Å². The van der Waals surface area contributed by atoms with Crippen molar-refractivity contribution in [2.45, 2.75) is 18.9 Å². The van der Waals surface area contributed by atoms with E-state index in [1.165, 1.54) is 5.56 Å². The smallest absolute Gasteiger partial charge is 0.224 e. The van der Waals surface area contributed by atoms with Crippen molar-refractivity contribution < 1.29 is 4.79 Å². The fourth-order valence-corrected chi connectivity index (χ4v) is 2.94. The number of anilines is 1. The number of rotatable bonds is 2. The number of nitrogens with one attached hydrogen (secondary N) is 1. The zero-order chi connectivity index (χ0) is 12.5. The molecule has 4 heteroatoms. The van der Waals surface area contributed by atoms with Gasteiger partial charge >= 0.3 is 0 Å². The summed E-state index contributed by atoms with van der Waals surface area (Å²) in [5.41, 5.74) is 10.6. The van der Waals surface area contributed by atoms with Crippen LogP contribution in [0.3, 0.4) is 0 Å². The third-order valence-corrected chi connectivity index (χ3v) is 3.99. The SMILES string of the molecule is NC(c1ccsc1)c1ccc2c(c1)CCC(=O)N2. The lowest BCUT2D eigenvalue weighted by Crippen LogP contribution is -2.20. The zero-order valence-electron chi connectivity index (χ0n) is 9.85. The Morgan fingerprint density at radius 3 is 2.89 bits per heavy atom. The number of hydrogen-bond acceptors (Lipinski definition) is 3. The van der Waals surface area contributed by atoms with E-state index in [1.54, 1.807) is 11.3 Å². The van der Waals surface area contributed by atoms with Crippen molar-refractivity contribution in [1.29, 1.82) is 0 Å². The summed E-state index contributed by atoms with van der Waals surface area (Å²) in [4.78, 5) is 11.3. The molecule has 3 nitrogen and oxygen atoms in total. The molecule has 92 valence electrons. The maximum Gasteiger partial charge on any atom is 0.224 e. The molecule has 0 saturated heterocycles. The largest absolute Gasteiger partial charge is 0.326 e. The van der Waals surface area contributed by atoms with Gasteiger partial charge in [0, 0.05) is 12.1 Å². The van der Waals surface area contributed by atoms with Crippen LogP contribution in [-0.4, -0.2) is 5.91 Å². The molecule has 18 heavy (non-hydrogen) atoms. The molecule has 0 bridgehead atoms. The maximum absolute atomic E-state index is 11.3. The number of thiophene rings is 1. The molecule has 1 aromatic heterocycles. The Labute approximate surface area is 110 Å². The van der Waals surface area contributed by atoms with Gasteiger partial charge in [0.05, 0.1) is 6.04 Å². The topological polar surface area (TPSA) is 55.1 Å². The summed E-state index contributed by atoms with van der Waals surface area (Å²) in [6.45, 7) is 0. The summed E-state index contributed by atoms with van der Waals surface area (Å²) < 4.78 is 0. The molecule has 0 spiro atoms. The Bertz CT molecular complexity index is 577. The first-order chi connectivity index (χ1) is 8.74. The van der Waals surface area contributed by atoms with E-state index in [9.17, 15) is 4.79 Å². The lowest BCUT2D eigenvalue weighted by atomic mass is 9.95.